The van der Waals surface area contributed by atoms with E-state index in [2.05, 4.69) is 14.5 Å². The van der Waals surface area contributed by atoms with Crippen molar-refractivity contribution in [2.75, 3.05) is 31.3 Å². The molecule has 1 aliphatic heterocycles. The van der Waals surface area contributed by atoms with Gasteiger partial charge in [-0.25, -0.2) is 4.98 Å². The van der Waals surface area contributed by atoms with Gasteiger partial charge in [-0.05, 0) is 18.2 Å². The first kappa shape index (κ1) is 13.5. The molecule has 0 radical (unpaired) electrons. The van der Waals surface area contributed by atoms with Gasteiger partial charge in [0.1, 0.15) is 5.82 Å². The lowest BCUT2D eigenvalue weighted by molar-refractivity contribution is 0.0827. The van der Waals surface area contributed by atoms with E-state index in [0.717, 1.165) is 31.1 Å². The van der Waals surface area contributed by atoms with Crippen LogP contribution in [-0.2, 0) is 13.1 Å². The fourth-order valence-corrected chi connectivity index (χ4v) is 2.61. The monoisotopic (exact) mass is 285 g/mol. The van der Waals surface area contributed by atoms with Crippen LogP contribution in [0.4, 0.5) is 11.4 Å². The van der Waals surface area contributed by atoms with E-state index in [1.54, 1.807) is 25.1 Å². The van der Waals surface area contributed by atoms with Crippen LogP contribution in [0.5, 0.6) is 0 Å². The molecule has 2 aromatic rings. The molecule has 2 heterocycles. The van der Waals surface area contributed by atoms with E-state index < -0.39 is 0 Å². The zero-order valence-corrected chi connectivity index (χ0v) is 12.3. The average molecular weight is 285 g/mol. The van der Waals surface area contributed by atoms with Crippen LogP contribution in [0.1, 0.15) is 16.2 Å². The Hall–Kier alpha value is -2.50. The summed E-state index contributed by atoms with van der Waals surface area (Å²) < 4.78 is 2.15. The van der Waals surface area contributed by atoms with Crippen molar-refractivity contribution >= 4 is 17.3 Å². The van der Waals surface area contributed by atoms with E-state index in [-0.39, 0.29) is 5.91 Å². The van der Waals surface area contributed by atoms with Gasteiger partial charge in [0.2, 0.25) is 0 Å². The van der Waals surface area contributed by atoms with Crippen LogP contribution in [-0.4, -0.2) is 41.0 Å². The summed E-state index contributed by atoms with van der Waals surface area (Å²) in [7, 11) is 3.47. The molecule has 0 bridgehead atoms. The number of carbonyl (C=O) groups excluding carboxylic acids is 1. The van der Waals surface area contributed by atoms with E-state index in [0.29, 0.717) is 11.3 Å². The number of aromatic nitrogens is 2. The molecule has 0 saturated carbocycles. The Morgan fingerprint density at radius 2 is 2.14 bits per heavy atom. The van der Waals surface area contributed by atoms with Crippen molar-refractivity contribution in [3.63, 3.8) is 0 Å². The Morgan fingerprint density at radius 1 is 1.33 bits per heavy atom. The molecule has 3 rings (SSSR count). The molecule has 0 unspecified atom stereocenters. The number of fused-ring (bicyclic) bond motifs is 1. The summed E-state index contributed by atoms with van der Waals surface area (Å²) in [4.78, 5) is 20.1. The van der Waals surface area contributed by atoms with Gasteiger partial charge in [0.25, 0.3) is 5.91 Å². The molecule has 0 atom stereocenters. The lowest BCUT2D eigenvalue weighted by Crippen LogP contribution is -2.34. The number of nitrogens with two attached hydrogens (primary N) is 1. The molecule has 1 aromatic heterocycles. The highest BCUT2D eigenvalue weighted by molar-refractivity contribution is 5.95. The first-order chi connectivity index (χ1) is 10.1. The maximum absolute atomic E-state index is 12.0. The van der Waals surface area contributed by atoms with E-state index in [9.17, 15) is 4.79 Å². The number of hydrogen-bond acceptors (Lipinski definition) is 4. The number of benzene rings is 1. The molecule has 0 aliphatic carbocycles. The summed E-state index contributed by atoms with van der Waals surface area (Å²) in [6, 6.07) is 5.50. The van der Waals surface area contributed by atoms with Crippen LogP contribution >= 0.6 is 0 Å². The smallest absolute Gasteiger partial charge is 0.253 e. The Kier molecular flexibility index (Phi) is 3.29. The third-order valence-corrected chi connectivity index (χ3v) is 3.77. The maximum Gasteiger partial charge on any atom is 0.253 e. The third-order valence-electron chi connectivity index (χ3n) is 3.77. The van der Waals surface area contributed by atoms with Crippen molar-refractivity contribution in [2.24, 2.45) is 0 Å². The number of nitrogens with zero attached hydrogens (tertiary/aromatic N) is 4. The molecular formula is C15H19N5O. The highest BCUT2D eigenvalue weighted by Crippen LogP contribution is 2.27. The standard InChI is InChI=1S/C15H19N5O/c1-18(2)15(21)11-3-4-13(12(16)9-11)20-8-7-19-6-5-17-14(19)10-20/h3-6,9H,7-8,10,16H2,1-2H3. The second kappa shape index (κ2) is 5.12. The summed E-state index contributed by atoms with van der Waals surface area (Å²) in [6.07, 6.45) is 3.82. The van der Waals surface area contributed by atoms with Crippen LogP contribution in [0.3, 0.4) is 0 Å². The molecule has 1 amide bonds. The number of amides is 1. The van der Waals surface area contributed by atoms with Crippen molar-refractivity contribution in [2.45, 2.75) is 13.1 Å². The number of nitrogen functional groups attached to an aromatic ring is 1. The minimum absolute atomic E-state index is 0.0394. The van der Waals surface area contributed by atoms with Crippen LogP contribution in [0.2, 0.25) is 0 Å². The molecule has 6 heteroatoms. The molecule has 0 spiro atoms. The van der Waals surface area contributed by atoms with Gasteiger partial charge in [-0.15, -0.1) is 0 Å². The molecule has 6 nitrogen and oxygen atoms in total. The Bertz CT molecular complexity index is 676. The molecule has 1 aromatic carbocycles. The van der Waals surface area contributed by atoms with Crippen molar-refractivity contribution in [1.29, 1.82) is 0 Å². The molecular weight excluding hydrogens is 266 g/mol. The maximum atomic E-state index is 12.0. The van der Waals surface area contributed by atoms with Crippen LogP contribution in [0.25, 0.3) is 0 Å². The summed E-state index contributed by atoms with van der Waals surface area (Å²) in [5.41, 5.74) is 8.34. The molecule has 1 aliphatic rings. The zero-order valence-electron chi connectivity index (χ0n) is 12.3. The largest absolute Gasteiger partial charge is 0.397 e. The Labute approximate surface area is 123 Å². The summed E-state index contributed by atoms with van der Waals surface area (Å²) in [5.74, 6) is 0.997. The predicted molar refractivity (Wildman–Crippen MR) is 82.1 cm³/mol. The number of hydrogen-bond donors (Lipinski definition) is 1. The van der Waals surface area contributed by atoms with Crippen molar-refractivity contribution in [3.05, 3.63) is 42.0 Å². The van der Waals surface area contributed by atoms with E-state index >= 15 is 0 Å². The fraction of sp³-hybridized carbons (Fsp3) is 0.333. The van der Waals surface area contributed by atoms with Gasteiger partial charge in [0.05, 0.1) is 17.9 Å². The SMILES string of the molecule is CN(C)C(=O)c1ccc(N2CCn3ccnc3C2)c(N)c1. The number of carbonyl (C=O) groups is 1. The quantitative estimate of drug-likeness (QED) is 0.842. The summed E-state index contributed by atoms with van der Waals surface area (Å²) in [6.45, 7) is 2.51. The van der Waals surface area contributed by atoms with Crippen LogP contribution in [0.15, 0.2) is 30.6 Å². The van der Waals surface area contributed by atoms with Gasteiger partial charge >= 0.3 is 0 Å². The molecule has 0 saturated heterocycles. The minimum atomic E-state index is -0.0394. The summed E-state index contributed by atoms with van der Waals surface area (Å²) >= 11 is 0. The number of rotatable bonds is 2. The summed E-state index contributed by atoms with van der Waals surface area (Å²) in [5, 5.41) is 0. The number of anilines is 2. The van der Waals surface area contributed by atoms with Gasteiger partial charge in [-0.3, -0.25) is 4.79 Å². The minimum Gasteiger partial charge on any atom is -0.397 e. The van der Waals surface area contributed by atoms with Crippen LogP contribution < -0.4 is 10.6 Å². The normalized spacial score (nSPS) is 13.9. The second-order valence-electron chi connectivity index (χ2n) is 5.43. The highest BCUT2D eigenvalue weighted by atomic mass is 16.2. The first-order valence-corrected chi connectivity index (χ1v) is 6.92. The van der Waals surface area contributed by atoms with Gasteiger partial charge in [-0.1, -0.05) is 0 Å². The Morgan fingerprint density at radius 3 is 2.86 bits per heavy atom. The van der Waals surface area contributed by atoms with Crippen LogP contribution in [0, 0.1) is 0 Å². The van der Waals surface area contributed by atoms with Gasteiger partial charge in [0, 0.05) is 45.1 Å². The lowest BCUT2D eigenvalue weighted by Gasteiger charge is -2.30. The van der Waals surface area contributed by atoms with E-state index in [1.807, 2.05) is 24.5 Å². The molecule has 110 valence electrons. The van der Waals surface area contributed by atoms with E-state index in [4.69, 9.17) is 5.73 Å². The molecule has 21 heavy (non-hydrogen) atoms. The first-order valence-electron chi connectivity index (χ1n) is 6.92. The van der Waals surface area contributed by atoms with Gasteiger partial charge in [-0.2, -0.15) is 0 Å². The van der Waals surface area contributed by atoms with Crippen molar-refractivity contribution in [3.8, 4) is 0 Å². The highest BCUT2D eigenvalue weighted by Gasteiger charge is 2.19. The zero-order chi connectivity index (χ0) is 15.0. The fourth-order valence-electron chi connectivity index (χ4n) is 2.61. The van der Waals surface area contributed by atoms with Gasteiger partial charge in [0.15, 0.2) is 0 Å². The van der Waals surface area contributed by atoms with E-state index in [1.165, 1.54) is 0 Å². The topological polar surface area (TPSA) is 67.4 Å². The number of imidazole rings is 1. The Balaban J connectivity index is 1.86. The predicted octanol–water partition coefficient (Wildman–Crippen LogP) is 1.19. The molecule has 0 fully saturated rings. The molecule has 2 N–H and O–H groups in total. The van der Waals surface area contributed by atoms with Crippen molar-refractivity contribution in [1.82, 2.24) is 14.5 Å². The average Bonchev–Trinajstić information content (AvgIpc) is 2.93. The van der Waals surface area contributed by atoms with Gasteiger partial charge < -0.3 is 20.1 Å². The van der Waals surface area contributed by atoms with Crippen molar-refractivity contribution < 1.29 is 4.79 Å². The second-order valence-corrected chi connectivity index (χ2v) is 5.43. The lowest BCUT2D eigenvalue weighted by atomic mass is 10.1. The third kappa shape index (κ3) is 2.44.